The molecule has 1 amide bonds. The van der Waals surface area contributed by atoms with Crippen molar-refractivity contribution >= 4 is 55.8 Å². The van der Waals surface area contributed by atoms with Crippen molar-refractivity contribution in [2.24, 2.45) is 0 Å². The molecule has 0 aliphatic rings. The summed E-state index contributed by atoms with van der Waals surface area (Å²) in [7, 11) is 0. The lowest BCUT2D eigenvalue weighted by atomic mass is 10.3. The van der Waals surface area contributed by atoms with E-state index in [2.05, 4.69) is 10.3 Å². The maximum absolute atomic E-state index is 12.1. The molecule has 1 N–H and O–H groups in total. The number of rotatable bonds is 8. The van der Waals surface area contributed by atoms with E-state index < -0.39 is 0 Å². The standard InChI is InChI=1S/C19H18Cl2N2O3S/c1-2-25-13-6-7-15-17(11-13)27-19(22-15)23-18(24)4-3-9-26-16-8-5-12(20)10-14(16)21/h5-8,10-11H,2-4,9H2,1H3,(H,22,23,24). The van der Waals surface area contributed by atoms with E-state index in [9.17, 15) is 4.79 Å². The van der Waals surface area contributed by atoms with E-state index in [1.807, 2.05) is 25.1 Å². The Morgan fingerprint density at radius 2 is 2.04 bits per heavy atom. The van der Waals surface area contributed by atoms with Crippen molar-refractivity contribution in [1.82, 2.24) is 4.98 Å². The Labute approximate surface area is 171 Å². The highest BCUT2D eigenvalue weighted by Crippen LogP contribution is 2.30. The third-order valence-corrected chi connectivity index (χ3v) is 5.08. The number of thiazole rings is 1. The molecule has 1 heterocycles. The van der Waals surface area contributed by atoms with Crippen LogP contribution in [-0.4, -0.2) is 24.1 Å². The van der Waals surface area contributed by atoms with Crippen molar-refractivity contribution in [2.45, 2.75) is 19.8 Å². The molecule has 0 aliphatic heterocycles. The van der Waals surface area contributed by atoms with E-state index in [-0.39, 0.29) is 5.91 Å². The predicted octanol–water partition coefficient (Wildman–Crippen LogP) is 5.80. The maximum atomic E-state index is 12.1. The van der Waals surface area contributed by atoms with Gasteiger partial charge in [0.25, 0.3) is 0 Å². The van der Waals surface area contributed by atoms with Crippen molar-refractivity contribution in [1.29, 1.82) is 0 Å². The molecule has 0 bridgehead atoms. The van der Waals surface area contributed by atoms with Gasteiger partial charge in [-0.2, -0.15) is 0 Å². The zero-order chi connectivity index (χ0) is 19.2. The first-order valence-corrected chi connectivity index (χ1v) is 10.0. The van der Waals surface area contributed by atoms with Crippen LogP contribution in [0.15, 0.2) is 36.4 Å². The quantitative estimate of drug-likeness (QED) is 0.464. The van der Waals surface area contributed by atoms with Crippen LogP contribution in [0, 0.1) is 0 Å². The molecule has 0 saturated carbocycles. The zero-order valence-corrected chi connectivity index (χ0v) is 17.0. The second-order valence-corrected chi connectivity index (χ2v) is 7.53. The van der Waals surface area contributed by atoms with E-state index in [4.69, 9.17) is 32.7 Å². The van der Waals surface area contributed by atoms with E-state index >= 15 is 0 Å². The minimum absolute atomic E-state index is 0.107. The Morgan fingerprint density at radius 1 is 1.19 bits per heavy atom. The average Bonchev–Trinajstić information content (AvgIpc) is 3.02. The summed E-state index contributed by atoms with van der Waals surface area (Å²) < 4.78 is 12.0. The van der Waals surface area contributed by atoms with Gasteiger partial charge in [-0.3, -0.25) is 4.79 Å². The number of anilines is 1. The summed E-state index contributed by atoms with van der Waals surface area (Å²) in [6.45, 7) is 2.93. The van der Waals surface area contributed by atoms with E-state index in [1.165, 1.54) is 11.3 Å². The normalized spacial score (nSPS) is 10.8. The van der Waals surface area contributed by atoms with E-state index in [1.54, 1.807) is 18.2 Å². The monoisotopic (exact) mass is 424 g/mol. The van der Waals surface area contributed by atoms with Gasteiger partial charge in [-0.05, 0) is 49.7 Å². The van der Waals surface area contributed by atoms with Crippen molar-refractivity contribution < 1.29 is 14.3 Å². The lowest BCUT2D eigenvalue weighted by Gasteiger charge is -2.08. The fourth-order valence-electron chi connectivity index (χ4n) is 2.40. The molecule has 5 nitrogen and oxygen atoms in total. The number of fused-ring (bicyclic) bond motifs is 1. The number of amides is 1. The highest BCUT2D eigenvalue weighted by molar-refractivity contribution is 7.22. The van der Waals surface area contributed by atoms with Gasteiger partial charge in [0.05, 0.1) is 28.5 Å². The first-order valence-electron chi connectivity index (χ1n) is 8.46. The molecule has 3 aromatic rings. The molecule has 0 saturated heterocycles. The summed E-state index contributed by atoms with van der Waals surface area (Å²) in [5.41, 5.74) is 0.833. The molecule has 0 aliphatic carbocycles. The van der Waals surface area contributed by atoms with Gasteiger partial charge in [-0.15, -0.1) is 0 Å². The Hall–Kier alpha value is -2.02. The highest BCUT2D eigenvalue weighted by Gasteiger charge is 2.09. The first-order chi connectivity index (χ1) is 13.0. The second-order valence-electron chi connectivity index (χ2n) is 5.66. The van der Waals surface area contributed by atoms with Gasteiger partial charge in [0.1, 0.15) is 11.5 Å². The number of ether oxygens (including phenoxy) is 2. The van der Waals surface area contributed by atoms with Crippen LogP contribution in [0.3, 0.4) is 0 Å². The van der Waals surface area contributed by atoms with Crippen LogP contribution in [0.25, 0.3) is 10.2 Å². The highest BCUT2D eigenvalue weighted by atomic mass is 35.5. The van der Waals surface area contributed by atoms with Gasteiger partial charge in [-0.1, -0.05) is 34.5 Å². The molecule has 0 atom stereocenters. The van der Waals surface area contributed by atoms with Crippen LogP contribution in [-0.2, 0) is 4.79 Å². The van der Waals surface area contributed by atoms with Gasteiger partial charge >= 0.3 is 0 Å². The summed E-state index contributed by atoms with van der Waals surface area (Å²) in [6, 6.07) is 10.7. The lowest BCUT2D eigenvalue weighted by Crippen LogP contribution is -2.12. The van der Waals surface area contributed by atoms with Crippen molar-refractivity contribution in [3.8, 4) is 11.5 Å². The molecule has 3 rings (SSSR count). The lowest BCUT2D eigenvalue weighted by molar-refractivity contribution is -0.116. The molecule has 1 aromatic heterocycles. The van der Waals surface area contributed by atoms with Crippen LogP contribution >= 0.6 is 34.5 Å². The summed E-state index contributed by atoms with van der Waals surface area (Å²) in [6.07, 6.45) is 0.884. The summed E-state index contributed by atoms with van der Waals surface area (Å²) in [4.78, 5) is 16.5. The van der Waals surface area contributed by atoms with Gasteiger partial charge in [-0.25, -0.2) is 4.98 Å². The molecular formula is C19H18Cl2N2O3S. The third-order valence-electron chi connectivity index (χ3n) is 3.62. The fourth-order valence-corrected chi connectivity index (χ4v) is 3.78. The fraction of sp³-hybridized carbons (Fsp3) is 0.263. The largest absolute Gasteiger partial charge is 0.494 e. The van der Waals surface area contributed by atoms with Gasteiger partial charge in [0, 0.05) is 11.4 Å². The summed E-state index contributed by atoms with van der Waals surface area (Å²) >= 11 is 13.3. The number of halogens is 2. The predicted molar refractivity (Wildman–Crippen MR) is 111 cm³/mol. The molecule has 142 valence electrons. The van der Waals surface area contributed by atoms with Crippen LogP contribution < -0.4 is 14.8 Å². The average molecular weight is 425 g/mol. The van der Waals surface area contributed by atoms with Crippen LogP contribution in [0.1, 0.15) is 19.8 Å². The molecular weight excluding hydrogens is 407 g/mol. The van der Waals surface area contributed by atoms with Gasteiger partial charge in [0.15, 0.2) is 5.13 Å². The number of aromatic nitrogens is 1. The second kappa shape index (κ2) is 9.26. The van der Waals surface area contributed by atoms with E-state index in [0.29, 0.717) is 47.0 Å². The third kappa shape index (κ3) is 5.48. The minimum atomic E-state index is -0.107. The molecule has 27 heavy (non-hydrogen) atoms. The zero-order valence-electron chi connectivity index (χ0n) is 14.6. The molecule has 8 heteroatoms. The molecule has 0 spiro atoms. The number of benzene rings is 2. The summed E-state index contributed by atoms with van der Waals surface area (Å²) in [5, 5.41) is 4.41. The number of nitrogens with zero attached hydrogens (tertiary/aromatic N) is 1. The number of hydrogen-bond acceptors (Lipinski definition) is 5. The molecule has 0 unspecified atom stereocenters. The number of carbonyl (C=O) groups is 1. The SMILES string of the molecule is CCOc1ccc2nc(NC(=O)CCCOc3ccc(Cl)cc3Cl)sc2c1. The topological polar surface area (TPSA) is 60.5 Å². The van der Waals surface area contributed by atoms with Crippen LogP contribution in [0.5, 0.6) is 11.5 Å². The Kier molecular flexibility index (Phi) is 6.77. The number of nitrogens with one attached hydrogen (secondary N) is 1. The Bertz CT molecular complexity index is 946. The number of carbonyl (C=O) groups excluding carboxylic acids is 1. The van der Waals surface area contributed by atoms with Crippen molar-refractivity contribution in [3.05, 3.63) is 46.4 Å². The van der Waals surface area contributed by atoms with Crippen LogP contribution in [0.2, 0.25) is 10.0 Å². The van der Waals surface area contributed by atoms with Crippen LogP contribution in [0.4, 0.5) is 5.13 Å². The van der Waals surface area contributed by atoms with E-state index in [0.717, 1.165) is 16.0 Å². The Balaban J connectivity index is 1.48. The minimum Gasteiger partial charge on any atom is -0.494 e. The smallest absolute Gasteiger partial charge is 0.226 e. The summed E-state index contributed by atoms with van der Waals surface area (Å²) in [5.74, 6) is 1.24. The van der Waals surface area contributed by atoms with Gasteiger partial charge in [0.2, 0.25) is 5.91 Å². The van der Waals surface area contributed by atoms with Crippen molar-refractivity contribution in [3.63, 3.8) is 0 Å². The van der Waals surface area contributed by atoms with Crippen molar-refractivity contribution in [2.75, 3.05) is 18.5 Å². The first kappa shape index (κ1) is 19.7. The molecule has 2 aromatic carbocycles. The molecule has 0 radical (unpaired) electrons. The van der Waals surface area contributed by atoms with Gasteiger partial charge < -0.3 is 14.8 Å². The molecule has 0 fully saturated rings. The number of hydrogen-bond donors (Lipinski definition) is 1. The maximum Gasteiger partial charge on any atom is 0.226 e. The Morgan fingerprint density at radius 3 is 2.81 bits per heavy atom.